The lowest BCUT2D eigenvalue weighted by molar-refractivity contribution is -0.275. The van der Waals surface area contributed by atoms with Crippen molar-refractivity contribution >= 4 is 0 Å². The van der Waals surface area contributed by atoms with E-state index in [4.69, 9.17) is 4.74 Å². The molecule has 2 rings (SSSR count). The molecule has 0 spiro atoms. The number of halogens is 3. The van der Waals surface area contributed by atoms with E-state index in [0.29, 0.717) is 16.7 Å². The highest BCUT2D eigenvalue weighted by molar-refractivity contribution is 5.70. The third-order valence-electron chi connectivity index (χ3n) is 3.24. The van der Waals surface area contributed by atoms with Crippen molar-refractivity contribution in [1.29, 1.82) is 0 Å². The van der Waals surface area contributed by atoms with Crippen LogP contribution in [0.3, 0.4) is 0 Å². The number of rotatable bonds is 6. The van der Waals surface area contributed by atoms with Gasteiger partial charge in [-0.1, -0.05) is 44.2 Å². The molecule has 0 radical (unpaired) electrons. The van der Waals surface area contributed by atoms with Crippen molar-refractivity contribution in [2.24, 2.45) is 5.92 Å². The van der Waals surface area contributed by atoms with Crippen LogP contribution in [-0.2, 0) is 6.61 Å². The number of hydrogen-bond acceptors (Lipinski definition) is 3. The zero-order chi connectivity index (χ0) is 17.7. The lowest BCUT2D eigenvalue weighted by atomic mass is 10.00. The molecule has 0 amide bonds. The standard InChI is InChI=1S/C18H19F3O3/c1-12(2)11-23-16-8-7-13(9-17(16)24-18(19,20)21)15-6-4-3-5-14(15)10-22/h3-9,12,22H,10-11H2,1-2H3. The van der Waals surface area contributed by atoms with Crippen LogP contribution in [0.25, 0.3) is 11.1 Å². The summed E-state index contributed by atoms with van der Waals surface area (Å²) in [7, 11) is 0. The number of benzene rings is 2. The monoisotopic (exact) mass is 340 g/mol. The topological polar surface area (TPSA) is 38.7 Å². The molecule has 0 aliphatic carbocycles. The van der Waals surface area contributed by atoms with E-state index in [1.807, 2.05) is 13.8 Å². The van der Waals surface area contributed by atoms with E-state index >= 15 is 0 Å². The summed E-state index contributed by atoms with van der Waals surface area (Å²) in [5.41, 5.74) is 1.77. The Morgan fingerprint density at radius 3 is 2.38 bits per heavy atom. The molecule has 0 heterocycles. The minimum Gasteiger partial charge on any atom is -0.489 e. The number of aliphatic hydroxyl groups is 1. The molecule has 130 valence electrons. The van der Waals surface area contributed by atoms with Crippen LogP contribution in [0.15, 0.2) is 42.5 Å². The van der Waals surface area contributed by atoms with E-state index < -0.39 is 12.1 Å². The van der Waals surface area contributed by atoms with Gasteiger partial charge in [-0.05, 0) is 34.7 Å². The van der Waals surface area contributed by atoms with Gasteiger partial charge in [-0.2, -0.15) is 0 Å². The second kappa shape index (κ2) is 7.57. The van der Waals surface area contributed by atoms with Gasteiger partial charge in [-0.3, -0.25) is 0 Å². The summed E-state index contributed by atoms with van der Waals surface area (Å²) in [6.45, 7) is 3.87. The van der Waals surface area contributed by atoms with Crippen LogP contribution in [0, 0.1) is 5.92 Å². The molecule has 0 aromatic heterocycles. The third kappa shape index (κ3) is 4.89. The van der Waals surface area contributed by atoms with Gasteiger partial charge in [0.25, 0.3) is 0 Å². The average Bonchev–Trinajstić information content (AvgIpc) is 2.52. The molecule has 24 heavy (non-hydrogen) atoms. The highest BCUT2D eigenvalue weighted by Gasteiger charge is 2.32. The molecular formula is C18H19F3O3. The lowest BCUT2D eigenvalue weighted by Gasteiger charge is -2.17. The van der Waals surface area contributed by atoms with E-state index in [0.717, 1.165) is 0 Å². The van der Waals surface area contributed by atoms with Crippen LogP contribution in [0.5, 0.6) is 11.5 Å². The van der Waals surface area contributed by atoms with Gasteiger partial charge >= 0.3 is 6.36 Å². The van der Waals surface area contributed by atoms with Crippen molar-refractivity contribution in [1.82, 2.24) is 0 Å². The van der Waals surface area contributed by atoms with E-state index in [2.05, 4.69) is 4.74 Å². The van der Waals surface area contributed by atoms with Crippen molar-refractivity contribution in [2.45, 2.75) is 26.8 Å². The van der Waals surface area contributed by atoms with E-state index in [9.17, 15) is 18.3 Å². The van der Waals surface area contributed by atoms with Crippen LogP contribution in [0.1, 0.15) is 19.4 Å². The van der Waals surface area contributed by atoms with Crippen LogP contribution in [0.2, 0.25) is 0 Å². The zero-order valence-electron chi connectivity index (χ0n) is 13.4. The molecule has 0 atom stereocenters. The van der Waals surface area contributed by atoms with Crippen molar-refractivity contribution in [3.8, 4) is 22.6 Å². The van der Waals surface area contributed by atoms with Crippen molar-refractivity contribution in [2.75, 3.05) is 6.61 Å². The van der Waals surface area contributed by atoms with Gasteiger partial charge in [0.05, 0.1) is 13.2 Å². The molecule has 0 unspecified atom stereocenters. The quantitative estimate of drug-likeness (QED) is 0.822. The molecule has 1 N–H and O–H groups in total. The summed E-state index contributed by atoms with van der Waals surface area (Å²) in [5, 5.41) is 9.40. The summed E-state index contributed by atoms with van der Waals surface area (Å²) in [4.78, 5) is 0. The first kappa shape index (κ1) is 18.1. The van der Waals surface area contributed by atoms with Gasteiger partial charge in [-0.25, -0.2) is 0 Å². The Labute approximate surface area is 138 Å². The predicted molar refractivity (Wildman–Crippen MR) is 84.8 cm³/mol. The molecular weight excluding hydrogens is 321 g/mol. The Balaban J connectivity index is 2.42. The Morgan fingerprint density at radius 2 is 1.75 bits per heavy atom. The number of alkyl halides is 3. The fraction of sp³-hybridized carbons (Fsp3) is 0.333. The average molecular weight is 340 g/mol. The van der Waals surface area contributed by atoms with Gasteiger partial charge in [0.2, 0.25) is 0 Å². The summed E-state index contributed by atoms with van der Waals surface area (Å²) < 4.78 is 47.6. The second-order valence-electron chi connectivity index (χ2n) is 5.73. The summed E-state index contributed by atoms with van der Waals surface area (Å²) in [5.74, 6) is -0.196. The van der Waals surface area contributed by atoms with Crippen molar-refractivity contribution in [3.05, 3.63) is 48.0 Å². The van der Waals surface area contributed by atoms with Gasteiger partial charge in [0.15, 0.2) is 11.5 Å². The fourth-order valence-corrected chi connectivity index (χ4v) is 2.20. The Bertz CT molecular complexity index is 681. The molecule has 0 bridgehead atoms. The van der Waals surface area contributed by atoms with E-state index in [-0.39, 0.29) is 24.9 Å². The van der Waals surface area contributed by atoms with Crippen molar-refractivity contribution < 1.29 is 27.8 Å². The van der Waals surface area contributed by atoms with Gasteiger partial charge in [0, 0.05) is 0 Å². The predicted octanol–water partition coefficient (Wildman–Crippen LogP) is 4.78. The first-order valence-corrected chi connectivity index (χ1v) is 7.52. The van der Waals surface area contributed by atoms with Crippen LogP contribution < -0.4 is 9.47 Å². The number of ether oxygens (including phenoxy) is 2. The zero-order valence-corrected chi connectivity index (χ0v) is 13.4. The molecule has 6 heteroatoms. The van der Waals surface area contributed by atoms with Gasteiger partial charge in [-0.15, -0.1) is 13.2 Å². The van der Waals surface area contributed by atoms with Crippen molar-refractivity contribution in [3.63, 3.8) is 0 Å². The maximum atomic E-state index is 12.7. The second-order valence-corrected chi connectivity index (χ2v) is 5.73. The first-order chi connectivity index (χ1) is 11.3. The van der Waals surface area contributed by atoms with Gasteiger partial charge in [0.1, 0.15) is 0 Å². The molecule has 0 saturated heterocycles. The Morgan fingerprint density at radius 1 is 1.04 bits per heavy atom. The molecule has 3 nitrogen and oxygen atoms in total. The first-order valence-electron chi connectivity index (χ1n) is 7.52. The molecule has 0 saturated carbocycles. The minimum atomic E-state index is -4.81. The number of aliphatic hydroxyl groups excluding tert-OH is 1. The smallest absolute Gasteiger partial charge is 0.489 e. The summed E-state index contributed by atoms with van der Waals surface area (Å²) in [6.07, 6.45) is -4.81. The lowest BCUT2D eigenvalue weighted by Crippen LogP contribution is -2.18. The largest absolute Gasteiger partial charge is 0.573 e. The number of hydrogen-bond donors (Lipinski definition) is 1. The molecule has 2 aromatic carbocycles. The molecule has 0 aliphatic heterocycles. The summed E-state index contributed by atoms with van der Waals surface area (Å²) >= 11 is 0. The highest BCUT2D eigenvalue weighted by Crippen LogP contribution is 2.37. The van der Waals surface area contributed by atoms with Crippen LogP contribution in [-0.4, -0.2) is 18.1 Å². The third-order valence-corrected chi connectivity index (χ3v) is 3.24. The molecule has 0 fully saturated rings. The molecule has 0 aliphatic rings. The van der Waals surface area contributed by atoms with Crippen LogP contribution >= 0.6 is 0 Å². The molecule has 2 aromatic rings. The SMILES string of the molecule is CC(C)COc1ccc(-c2ccccc2CO)cc1OC(F)(F)F. The van der Waals surface area contributed by atoms with Gasteiger partial charge < -0.3 is 14.6 Å². The Hall–Kier alpha value is -2.21. The maximum absolute atomic E-state index is 12.7. The maximum Gasteiger partial charge on any atom is 0.573 e. The van der Waals surface area contributed by atoms with Crippen LogP contribution in [0.4, 0.5) is 13.2 Å². The normalized spacial score (nSPS) is 11.6. The minimum absolute atomic E-state index is 0.0336. The fourth-order valence-electron chi connectivity index (χ4n) is 2.20. The summed E-state index contributed by atoms with van der Waals surface area (Å²) in [6, 6.07) is 11.3. The Kier molecular flexibility index (Phi) is 5.72. The highest BCUT2D eigenvalue weighted by atomic mass is 19.4. The van der Waals surface area contributed by atoms with E-state index in [1.54, 1.807) is 30.3 Å². The van der Waals surface area contributed by atoms with E-state index in [1.165, 1.54) is 12.1 Å².